The highest BCUT2D eigenvalue weighted by Crippen LogP contribution is 2.50. The first kappa shape index (κ1) is 10.2. The normalized spacial score (nSPS) is 36.4. The van der Waals surface area contributed by atoms with Gasteiger partial charge in [-0.05, 0) is 31.7 Å². The first-order valence-corrected chi connectivity index (χ1v) is 6.13. The zero-order valence-electron chi connectivity index (χ0n) is 9.99. The third-order valence-electron chi connectivity index (χ3n) is 3.92. The SMILES string of the molecule is Cc1ccc2c(c1)C(N)CC1(CC(C)C1)O2. The Morgan fingerprint density at radius 3 is 2.75 bits per heavy atom. The van der Waals surface area contributed by atoms with E-state index in [9.17, 15) is 0 Å². The van der Waals surface area contributed by atoms with Crippen molar-refractivity contribution in [2.24, 2.45) is 11.7 Å². The van der Waals surface area contributed by atoms with Gasteiger partial charge in [0.05, 0.1) is 0 Å². The highest BCUT2D eigenvalue weighted by molar-refractivity contribution is 5.41. The minimum Gasteiger partial charge on any atom is -0.487 e. The second-order valence-corrected chi connectivity index (χ2v) is 5.65. The van der Waals surface area contributed by atoms with Crippen LogP contribution < -0.4 is 10.5 Å². The Hall–Kier alpha value is -1.02. The molecule has 86 valence electrons. The lowest BCUT2D eigenvalue weighted by Gasteiger charge is -2.50. The van der Waals surface area contributed by atoms with Gasteiger partial charge in [-0.25, -0.2) is 0 Å². The van der Waals surface area contributed by atoms with E-state index in [1.807, 2.05) is 0 Å². The van der Waals surface area contributed by atoms with E-state index in [1.165, 1.54) is 11.1 Å². The number of rotatable bonds is 0. The average molecular weight is 217 g/mol. The van der Waals surface area contributed by atoms with Gasteiger partial charge in [-0.1, -0.05) is 24.6 Å². The van der Waals surface area contributed by atoms with E-state index in [1.54, 1.807) is 0 Å². The molecule has 1 aromatic rings. The summed E-state index contributed by atoms with van der Waals surface area (Å²) in [7, 11) is 0. The van der Waals surface area contributed by atoms with E-state index in [0.717, 1.165) is 30.9 Å². The summed E-state index contributed by atoms with van der Waals surface area (Å²) in [6.07, 6.45) is 3.30. The molecule has 1 saturated carbocycles. The fourth-order valence-electron chi connectivity index (χ4n) is 3.30. The number of aryl methyl sites for hydroxylation is 1. The maximum Gasteiger partial charge on any atom is 0.124 e. The van der Waals surface area contributed by atoms with E-state index in [-0.39, 0.29) is 11.6 Å². The molecular formula is C14H19NO. The first-order chi connectivity index (χ1) is 7.58. The summed E-state index contributed by atoms with van der Waals surface area (Å²) in [5.41, 5.74) is 8.77. The molecule has 0 amide bonds. The summed E-state index contributed by atoms with van der Waals surface area (Å²) < 4.78 is 6.17. The van der Waals surface area contributed by atoms with E-state index < -0.39 is 0 Å². The molecule has 1 aliphatic heterocycles. The van der Waals surface area contributed by atoms with Crippen molar-refractivity contribution in [3.63, 3.8) is 0 Å². The number of ether oxygens (including phenoxy) is 1. The monoisotopic (exact) mass is 217 g/mol. The molecule has 1 heterocycles. The van der Waals surface area contributed by atoms with Crippen molar-refractivity contribution in [3.8, 4) is 5.75 Å². The third-order valence-corrected chi connectivity index (χ3v) is 3.92. The Bertz CT molecular complexity index is 421. The molecule has 2 N–H and O–H groups in total. The minimum absolute atomic E-state index is 0.0566. The van der Waals surface area contributed by atoms with Gasteiger partial charge in [-0.15, -0.1) is 0 Å². The van der Waals surface area contributed by atoms with Crippen molar-refractivity contribution in [2.45, 2.75) is 44.8 Å². The summed E-state index contributed by atoms with van der Waals surface area (Å²) in [5.74, 6) is 1.80. The predicted octanol–water partition coefficient (Wildman–Crippen LogP) is 2.95. The van der Waals surface area contributed by atoms with Gasteiger partial charge < -0.3 is 10.5 Å². The van der Waals surface area contributed by atoms with Crippen LogP contribution in [0, 0.1) is 12.8 Å². The Kier molecular flexibility index (Phi) is 2.05. The maximum atomic E-state index is 6.27. The molecule has 1 fully saturated rings. The quantitative estimate of drug-likeness (QED) is 0.725. The lowest BCUT2D eigenvalue weighted by Crippen LogP contribution is -2.52. The Morgan fingerprint density at radius 2 is 2.06 bits per heavy atom. The standard InChI is InChI=1S/C14H19NO/c1-9-3-4-13-11(5-9)12(15)8-14(16-13)6-10(2)7-14/h3-5,10,12H,6-8,15H2,1-2H3. The first-order valence-electron chi connectivity index (χ1n) is 6.13. The predicted molar refractivity (Wildman–Crippen MR) is 64.5 cm³/mol. The van der Waals surface area contributed by atoms with Gasteiger partial charge in [0.1, 0.15) is 11.4 Å². The van der Waals surface area contributed by atoms with Crippen LogP contribution in [0.3, 0.4) is 0 Å². The van der Waals surface area contributed by atoms with Gasteiger partial charge in [0.25, 0.3) is 0 Å². The second kappa shape index (κ2) is 3.24. The lowest BCUT2D eigenvalue weighted by atomic mass is 9.67. The summed E-state index contributed by atoms with van der Waals surface area (Å²) in [6.45, 7) is 4.38. The van der Waals surface area contributed by atoms with Crippen LogP contribution in [0.15, 0.2) is 18.2 Å². The van der Waals surface area contributed by atoms with Crippen LogP contribution in [0.1, 0.15) is 43.4 Å². The number of hydrogen-bond donors (Lipinski definition) is 1. The number of hydrogen-bond acceptors (Lipinski definition) is 2. The molecule has 0 aromatic heterocycles. The number of benzene rings is 1. The maximum absolute atomic E-state index is 6.27. The highest BCUT2D eigenvalue weighted by atomic mass is 16.5. The molecular weight excluding hydrogens is 198 g/mol. The van der Waals surface area contributed by atoms with Gasteiger partial charge in [-0.3, -0.25) is 0 Å². The smallest absolute Gasteiger partial charge is 0.124 e. The third kappa shape index (κ3) is 1.44. The molecule has 2 nitrogen and oxygen atoms in total. The van der Waals surface area contributed by atoms with Crippen LogP contribution in [-0.2, 0) is 0 Å². The van der Waals surface area contributed by atoms with Crippen molar-refractivity contribution >= 4 is 0 Å². The van der Waals surface area contributed by atoms with Crippen molar-refractivity contribution < 1.29 is 4.74 Å². The zero-order chi connectivity index (χ0) is 11.3. The highest BCUT2D eigenvalue weighted by Gasteiger charge is 2.48. The van der Waals surface area contributed by atoms with Crippen LogP contribution in [0.25, 0.3) is 0 Å². The molecule has 0 saturated heterocycles. The zero-order valence-corrected chi connectivity index (χ0v) is 9.99. The topological polar surface area (TPSA) is 35.2 Å². The molecule has 1 unspecified atom stereocenters. The molecule has 16 heavy (non-hydrogen) atoms. The number of nitrogens with two attached hydrogens (primary N) is 1. The molecule has 2 aliphatic rings. The van der Waals surface area contributed by atoms with Gasteiger partial charge in [0.2, 0.25) is 0 Å². The van der Waals surface area contributed by atoms with Crippen LogP contribution in [0.2, 0.25) is 0 Å². The molecule has 1 aliphatic carbocycles. The lowest BCUT2D eigenvalue weighted by molar-refractivity contribution is -0.0657. The molecule has 3 rings (SSSR count). The van der Waals surface area contributed by atoms with Crippen molar-refractivity contribution in [1.29, 1.82) is 0 Å². The molecule has 0 bridgehead atoms. The van der Waals surface area contributed by atoms with Crippen LogP contribution in [-0.4, -0.2) is 5.60 Å². The summed E-state index contributed by atoms with van der Waals surface area (Å²) in [6, 6.07) is 6.49. The Morgan fingerprint density at radius 1 is 1.31 bits per heavy atom. The molecule has 1 aromatic carbocycles. The largest absolute Gasteiger partial charge is 0.487 e. The average Bonchev–Trinajstić information content (AvgIpc) is 2.17. The van der Waals surface area contributed by atoms with Gasteiger partial charge in [0.15, 0.2) is 0 Å². The van der Waals surface area contributed by atoms with E-state index in [2.05, 4.69) is 32.0 Å². The fourth-order valence-corrected chi connectivity index (χ4v) is 3.30. The van der Waals surface area contributed by atoms with E-state index in [0.29, 0.717) is 0 Å². The Balaban J connectivity index is 1.94. The number of fused-ring (bicyclic) bond motifs is 1. The van der Waals surface area contributed by atoms with E-state index >= 15 is 0 Å². The summed E-state index contributed by atoms with van der Waals surface area (Å²) >= 11 is 0. The Labute approximate surface area is 96.8 Å². The van der Waals surface area contributed by atoms with Crippen molar-refractivity contribution in [1.82, 2.24) is 0 Å². The molecule has 1 spiro atoms. The van der Waals surface area contributed by atoms with Gasteiger partial charge in [0, 0.05) is 18.0 Å². The van der Waals surface area contributed by atoms with Crippen molar-refractivity contribution in [2.75, 3.05) is 0 Å². The van der Waals surface area contributed by atoms with Crippen LogP contribution >= 0.6 is 0 Å². The summed E-state index contributed by atoms with van der Waals surface area (Å²) in [4.78, 5) is 0. The van der Waals surface area contributed by atoms with Crippen molar-refractivity contribution in [3.05, 3.63) is 29.3 Å². The molecule has 1 atom stereocenters. The van der Waals surface area contributed by atoms with Gasteiger partial charge in [-0.2, -0.15) is 0 Å². The fraction of sp³-hybridized carbons (Fsp3) is 0.571. The molecule has 0 radical (unpaired) electrons. The van der Waals surface area contributed by atoms with Gasteiger partial charge >= 0.3 is 0 Å². The van der Waals surface area contributed by atoms with E-state index in [4.69, 9.17) is 10.5 Å². The molecule has 2 heteroatoms. The summed E-state index contributed by atoms with van der Waals surface area (Å²) in [5, 5.41) is 0. The van der Waals surface area contributed by atoms with Crippen LogP contribution in [0.4, 0.5) is 0 Å². The van der Waals surface area contributed by atoms with Crippen LogP contribution in [0.5, 0.6) is 5.75 Å². The second-order valence-electron chi connectivity index (χ2n) is 5.65. The minimum atomic E-state index is 0.0566.